The summed E-state index contributed by atoms with van der Waals surface area (Å²) in [5.74, 6) is 0.497. The lowest BCUT2D eigenvalue weighted by Gasteiger charge is -2.09. The molecule has 3 nitrogen and oxygen atoms in total. The molecule has 0 saturated carbocycles. The minimum Gasteiger partial charge on any atom is -0.465 e. The SMILES string of the molecule is CCC(C=Cc1ccco1)OC(C)=O. The zero-order valence-corrected chi connectivity index (χ0v) is 8.40. The lowest BCUT2D eigenvalue weighted by Crippen LogP contribution is -2.11. The molecule has 1 atom stereocenters. The van der Waals surface area contributed by atoms with Gasteiger partial charge in [-0.15, -0.1) is 0 Å². The Labute approximate surface area is 83.4 Å². The monoisotopic (exact) mass is 194 g/mol. The van der Waals surface area contributed by atoms with Crippen LogP contribution in [0.15, 0.2) is 28.9 Å². The number of furan rings is 1. The summed E-state index contributed by atoms with van der Waals surface area (Å²) in [5.41, 5.74) is 0. The van der Waals surface area contributed by atoms with Gasteiger partial charge in [0.1, 0.15) is 11.9 Å². The first-order valence-electron chi connectivity index (χ1n) is 4.61. The molecule has 0 radical (unpaired) electrons. The zero-order valence-electron chi connectivity index (χ0n) is 8.40. The fraction of sp³-hybridized carbons (Fsp3) is 0.364. The second kappa shape index (κ2) is 5.27. The van der Waals surface area contributed by atoms with Gasteiger partial charge in [0.15, 0.2) is 0 Å². The van der Waals surface area contributed by atoms with Gasteiger partial charge in [-0.2, -0.15) is 0 Å². The quantitative estimate of drug-likeness (QED) is 0.691. The largest absolute Gasteiger partial charge is 0.465 e. The van der Waals surface area contributed by atoms with E-state index in [1.165, 1.54) is 6.92 Å². The second-order valence-corrected chi connectivity index (χ2v) is 2.93. The van der Waals surface area contributed by atoms with E-state index in [-0.39, 0.29) is 12.1 Å². The zero-order chi connectivity index (χ0) is 10.4. The van der Waals surface area contributed by atoms with Gasteiger partial charge in [-0.1, -0.05) is 6.92 Å². The van der Waals surface area contributed by atoms with Crippen LogP contribution in [0.5, 0.6) is 0 Å². The van der Waals surface area contributed by atoms with Crippen molar-refractivity contribution < 1.29 is 13.9 Å². The van der Waals surface area contributed by atoms with Crippen molar-refractivity contribution in [2.24, 2.45) is 0 Å². The number of ether oxygens (including phenoxy) is 1. The summed E-state index contributed by atoms with van der Waals surface area (Å²) < 4.78 is 10.1. The molecule has 0 saturated heterocycles. The molecule has 1 rings (SSSR count). The summed E-state index contributed by atoms with van der Waals surface area (Å²) >= 11 is 0. The van der Waals surface area contributed by atoms with Crippen molar-refractivity contribution in [3.05, 3.63) is 30.2 Å². The summed E-state index contributed by atoms with van der Waals surface area (Å²) in [6.45, 7) is 3.36. The predicted molar refractivity (Wildman–Crippen MR) is 53.6 cm³/mol. The highest BCUT2D eigenvalue weighted by atomic mass is 16.5. The Hall–Kier alpha value is -1.51. The maximum Gasteiger partial charge on any atom is 0.303 e. The number of carbonyl (C=O) groups is 1. The third-order valence-electron chi connectivity index (χ3n) is 1.74. The summed E-state index contributed by atoms with van der Waals surface area (Å²) in [6.07, 6.45) is 5.82. The predicted octanol–water partition coefficient (Wildman–Crippen LogP) is 2.63. The topological polar surface area (TPSA) is 39.4 Å². The van der Waals surface area contributed by atoms with Crippen LogP contribution in [0.1, 0.15) is 26.0 Å². The summed E-state index contributed by atoms with van der Waals surface area (Å²) in [4.78, 5) is 10.7. The molecule has 0 aliphatic heterocycles. The van der Waals surface area contributed by atoms with Gasteiger partial charge in [0.25, 0.3) is 0 Å². The minimum atomic E-state index is -0.263. The molecule has 0 bridgehead atoms. The highest BCUT2D eigenvalue weighted by molar-refractivity contribution is 5.66. The van der Waals surface area contributed by atoms with Crippen LogP contribution < -0.4 is 0 Å². The van der Waals surface area contributed by atoms with E-state index in [4.69, 9.17) is 9.15 Å². The lowest BCUT2D eigenvalue weighted by molar-refractivity contribution is -0.144. The third-order valence-corrected chi connectivity index (χ3v) is 1.74. The fourth-order valence-corrected chi connectivity index (χ4v) is 1.06. The molecular formula is C11H14O3. The van der Waals surface area contributed by atoms with Gasteiger partial charge in [0.05, 0.1) is 6.26 Å². The van der Waals surface area contributed by atoms with E-state index in [0.717, 1.165) is 12.2 Å². The van der Waals surface area contributed by atoms with Crippen LogP contribution in [0, 0.1) is 0 Å². The molecule has 0 aliphatic carbocycles. The average Bonchev–Trinajstić information content (AvgIpc) is 2.64. The molecule has 1 aromatic rings. The van der Waals surface area contributed by atoms with Crippen LogP contribution in [0.25, 0.3) is 6.08 Å². The number of carbonyl (C=O) groups excluding carboxylic acids is 1. The minimum absolute atomic E-state index is 0.169. The van der Waals surface area contributed by atoms with E-state index in [0.29, 0.717) is 0 Å². The maximum absolute atomic E-state index is 10.7. The fourth-order valence-electron chi connectivity index (χ4n) is 1.06. The Morgan fingerprint density at radius 1 is 1.71 bits per heavy atom. The van der Waals surface area contributed by atoms with Gasteiger partial charge in [-0.3, -0.25) is 4.79 Å². The lowest BCUT2D eigenvalue weighted by atomic mass is 10.2. The number of esters is 1. The second-order valence-electron chi connectivity index (χ2n) is 2.93. The first kappa shape index (κ1) is 10.6. The Morgan fingerprint density at radius 3 is 3.00 bits per heavy atom. The van der Waals surface area contributed by atoms with E-state index < -0.39 is 0 Å². The number of rotatable bonds is 4. The third kappa shape index (κ3) is 3.47. The first-order valence-corrected chi connectivity index (χ1v) is 4.61. The molecule has 0 fully saturated rings. The van der Waals surface area contributed by atoms with E-state index in [1.807, 2.05) is 25.1 Å². The molecule has 1 aromatic heterocycles. The molecule has 0 spiro atoms. The maximum atomic E-state index is 10.7. The van der Waals surface area contributed by atoms with Crippen molar-refractivity contribution >= 4 is 12.0 Å². The molecule has 0 aliphatic rings. The van der Waals surface area contributed by atoms with Crippen LogP contribution in [0.2, 0.25) is 0 Å². The highest BCUT2D eigenvalue weighted by Gasteiger charge is 2.04. The molecule has 14 heavy (non-hydrogen) atoms. The van der Waals surface area contributed by atoms with Gasteiger partial charge in [-0.05, 0) is 30.7 Å². The smallest absolute Gasteiger partial charge is 0.303 e. The van der Waals surface area contributed by atoms with Crippen molar-refractivity contribution in [3.63, 3.8) is 0 Å². The Kier molecular flexibility index (Phi) is 3.98. The molecule has 1 unspecified atom stereocenters. The van der Waals surface area contributed by atoms with E-state index >= 15 is 0 Å². The van der Waals surface area contributed by atoms with Crippen molar-refractivity contribution in [1.82, 2.24) is 0 Å². The number of hydrogen-bond donors (Lipinski definition) is 0. The molecule has 0 N–H and O–H groups in total. The normalized spacial score (nSPS) is 13.0. The average molecular weight is 194 g/mol. The summed E-state index contributed by atoms with van der Waals surface area (Å²) in [5, 5.41) is 0. The van der Waals surface area contributed by atoms with Crippen molar-refractivity contribution in [2.45, 2.75) is 26.4 Å². The standard InChI is InChI=1S/C11H14O3/c1-3-10(14-9(2)12)6-7-11-5-4-8-13-11/h4-8,10H,3H2,1-2H3. The van der Waals surface area contributed by atoms with Crippen molar-refractivity contribution in [1.29, 1.82) is 0 Å². The van der Waals surface area contributed by atoms with Crippen LogP contribution >= 0.6 is 0 Å². The first-order chi connectivity index (χ1) is 6.72. The Morgan fingerprint density at radius 2 is 2.50 bits per heavy atom. The summed E-state index contributed by atoms with van der Waals surface area (Å²) in [6, 6.07) is 3.66. The molecule has 3 heteroatoms. The van der Waals surface area contributed by atoms with Crippen molar-refractivity contribution in [3.8, 4) is 0 Å². The van der Waals surface area contributed by atoms with Gasteiger partial charge in [0.2, 0.25) is 0 Å². The van der Waals surface area contributed by atoms with Crippen LogP contribution in [-0.2, 0) is 9.53 Å². The van der Waals surface area contributed by atoms with Gasteiger partial charge >= 0.3 is 5.97 Å². The summed E-state index contributed by atoms with van der Waals surface area (Å²) in [7, 11) is 0. The van der Waals surface area contributed by atoms with Gasteiger partial charge in [0, 0.05) is 6.92 Å². The van der Waals surface area contributed by atoms with Crippen molar-refractivity contribution in [2.75, 3.05) is 0 Å². The van der Waals surface area contributed by atoms with Gasteiger partial charge < -0.3 is 9.15 Å². The van der Waals surface area contributed by atoms with Gasteiger partial charge in [-0.25, -0.2) is 0 Å². The number of hydrogen-bond acceptors (Lipinski definition) is 3. The van der Waals surface area contributed by atoms with Crippen LogP contribution in [-0.4, -0.2) is 12.1 Å². The van der Waals surface area contributed by atoms with Crippen LogP contribution in [0.3, 0.4) is 0 Å². The Balaban J connectivity index is 2.51. The Bertz CT molecular complexity index is 298. The van der Waals surface area contributed by atoms with E-state index in [2.05, 4.69) is 0 Å². The van der Waals surface area contributed by atoms with E-state index in [1.54, 1.807) is 12.3 Å². The molecule has 0 aromatic carbocycles. The van der Waals surface area contributed by atoms with E-state index in [9.17, 15) is 4.79 Å². The molecule has 1 heterocycles. The molecule has 76 valence electrons. The van der Waals surface area contributed by atoms with Crippen LogP contribution in [0.4, 0.5) is 0 Å². The molecular weight excluding hydrogens is 180 g/mol. The highest BCUT2D eigenvalue weighted by Crippen LogP contribution is 2.07. The molecule has 0 amide bonds.